The zero-order valence-electron chi connectivity index (χ0n) is 11.4. The van der Waals surface area contributed by atoms with E-state index in [9.17, 15) is 4.39 Å². The van der Waals surface area contributed by atoms with Gasteiger partial charge in [0.2, 0.25) is 0 Å². The average Bonchev–Trinajstić information content (AvgIpc) is 2.28. The second-order valence-corrected chi connectivity index (χ2v) is 6.16. The highest BCUT2D eigenvalue weighted by atomic mass is 19.1. The van der Waals surface area contributed by atoms with Crippen molar-refractivity contribution in [1.29, 1.82) is 0 Å². The number of hydrogen-bond acceptors (Lipinski definition) is 2. The first-order valence-electron chi connectivity index (χ1n) is 6.56. The van der Waals surface area contributed by atoms with Crippen LogP contribution in [0.5, 0.6) is 5.75 Å². The van der Waals surface area contributed by atoms with Crippen molar-refractivity contribution in [2.24, 2.45) is 11.1 Å². The van der Waals surface area contributed by atoms with Crippen molar-refractivity contribution >= 4 is 0 Å². The lowest BCUT2D eigenvalue weighted by atomic mass is 9.74. The van der Waals surface area contributed by atoms with Crippen LogP contribution in [0.1, 0.15) is 38.7 Å². The minimum absolute atomic E-state index is 0.00191. The van der Waals surface area contributed by atoms with Crippen LogP contribution in [0.4, 0.5) is 4.39 Å². The lowest BCUT2D eigenvalue weighted by molar-refractivity contribution is 0.0639. The zero-order chi connectivity index (χ0) is 13.3. The molecule has 2 rings (SSSR count). The van der Waals surface area contributed by atoms with Crippen molar-refractivity contribution in [3.05, 3.63) is 29.6 Å². The van der Waals surface area contributed by atoms with Gasteiger partial charge in [-0.25, -0.2) is 4.39 Å². The normalized spacial score (nSPS) is 26.9. The molecule has 2 N–H and O–H groups in total. The van der Waals surface area contributed by atoms with E-state index in [0.29, 0.717) is 5.75 Å². The first-order chi connectivity index (χ1) is 8.37. The largest absolute Gasteiger partial charge is 0.486 e. The molecule has 1 aliphatic carbocycles. The fourth-order valence-electron chi connectivity index (χ4n) is 2.53. The minimum Gasteiger partial charge on any atom is -0.486 e. The van der Waals surface area contributed by atoms with Gasteiger partial charge in [0.1, 0.15) is 6.10 Å². The van der Waals surface area contributed by atoms with Gasteiger partial charge in [0.05, 0.1) is 0 Å². The monoisotopic (exact) mass is 251 g/mol. The maximum atomic E-state index is 13.7. The predicted molar refractivity (Wildman–Crippen MR) is 71.2 cm³/mol. The zero-order valence-corrected chi connectivity index (χ0v) is 11.4. The summed E-state index contributed by atoms with van der Waals surface area (Å²) in [6.07, 6.45) is 2.82. The van der Waals surface area contributed by atoms with Gasteiger partial charge in [0.15, 0.2) is 11.6 Å². The van der Waals surface area contributed by atoms with E-state index in [4.69, 9.17) is 10.5 Å². The molecule has 0 aromatic heterocycles. The molecule has 0 amide bonds. The van der Waals surface area contributed by atoms with Crippen molar-refractivity contribution in [1.82, 2.24) is 0 Å². The molecule has 1 aromatic carbocycles. The van der Waals surface area contributed by atoms with Gasteiger partial charge in [-0.3, -0.25) is 0 Å². The summed E-state index contributed by atoms with van der Waals surface area (Å²) in [6.45, 7) is 6.35. The molecular weight excluding hydrogens is 229 g/mol. The smallest absolute Gasteiger partial charge is 0.165 e. The Balaban J connectivity index is 2.14. The highest BCUT2D eigenvalue weighted by Crippen LogP contribution is 2.36. The average molecular weight is 251 g/mol. The van der Waals surface area contributed by atoms with E-state index >= 15 is 0 Å². The fraction of sp³-hybridized carbons (Fsp3) is 0.600. The molecule has 0 bridgehead atoms. The van der Waals surface area contributed by atoms with Crippen LogP contribution in [-0.2, 0) is 0 Å². The Hall–Kier alpha value is -1.09. The van der Waals surface area contributed by atoms with Gasteiger partial charge in [0.25, 0.3) is 0 Å². The van der Waals surface area contributed by atoms with Crippen molar-refractivity contribution in [3.8, 4) is 5.75 Å². The Morgan fingerprint density at radius 2 is 2.11 bits per heavy atom. The van der Waals surface area contributed by atoms with Crippen molar-refractivity contribution in [2.45, 2.75) is 52.2 Å². The summed E-state index contributed by atoms with van der Waals surface area (Å²) < 4.78 is 19.5. The molecule has 1 fully saturated rings. The standard InChI is InChI=1S/C15H22FNO/c1-10-4-5-11(16)13(8-10)18-14-9-15(2,3)7-6-12(14)17/h4-5,8,12,14H,6-7,9,17H2,1-3H3. The number of ether oxygens (including phenoxy) is 1. The van der Waals surface area contributed by atoms with E-state index in [1.165, 1.54) is 6.07 Å². The van der Waals surface area contributed by atoms with Gasteiger partial charge in [-0.2, -0.15) is 0 Å². The molecule has 100 valence electrons. The van der Waals surface area contributed by atoms with Crippen LogP contribution < -0.4 is 10.5 Å². The van der Waals surface area contributed by atoms with Crippen molar-refractivity contribution < 1.29 is 9.13 Å². The molecule has 18 heavy (non-hydrogen) atoms. The van der Waals surface area contributed by atoms with E-state index in [0.717, 1.165) is 24.8 Å². The van der Waals surface area contributed by atoms with Crippen LogP contribution in [0.25, 0.3) is 0 Å². The summed E-state index contributed by atoms with van der Waals surface area (Å²) in [5.74, 6) is 0.0179. The number of aryl methyl sites for hydroxylation is 1. The predicted octanol–water partition coefficient (Wildman–Crippen LogP) is 3.42. The van der Waals surface area contributed by atoms with Crippen molar-refractivity contribution in [2.75, 3.05) is 0 Å². The fourth-order valence-corrected chi connectivity index (χ4v) is 2.53. The summed E-state index contributed by atoms with van der Waals surface area (Å²) >= 11 is 0. The molecule has 3 heteroatoms. The SMILES string of the molecule is Cc1ccc(F)c(OC2CC(C)(C)CCC2N)c1. The highest BCUT2D eigenvalue weighted by Gasteiger charge is 2.34. The first kappa shape index (κ1) is 13.3. The topological polar surface area (TPSA) is 35.2 Å². The van der Waals surface area contributed by atoms with Crippen LogP contribution in [0, 0.1) is 18.2 Å². The van der Waals surface area contributed by atoms with Gasteiger partial charge in [0, 0.05) is 6.04 Å². The lowest BCUT2D eigenvalue weighted by Crippen LogP contribution is -2.46. The summed E-state index contributed by atoms with van der Waals surface area (Å²) in [4.78, 5) is 0. The molecule has 0 aliphatic heterocycles. The van der Waals surface area contributed by atoms with E-state index in [1.54, 1.807) is 12.1 Å². The number of benzene rings is 1. The molecule has 0 saturated heterocycles. The Labute approximate surface area is 108 Å². The van der Waals surface area contributed by atoms with Gasteiger partial charge >= 0.3 is 0 Å². The third-order valence-corrected chi connectivity index (χ3v) is 3.75. The molecule has 0 radical (unpaired) electrons. The molecule has 0 spiro atoms. The summed E-state index contributed by atoms with van der Waals surface area (Å²) in [7, 11) is 0. The van der Waals surface area contributed by atoms with E-state index < -0.39 is 0 Å². The number of halogens is 1. The Morgan fingerprint density at radius 3 is 2.83 bits per heavy atom. The molecule has 1 aromatic rings. The van der Waals surface area contributed by atoms with Crippen LogP contribution >= 0.6 is 0 Å². The lowest BCUT2D eigenvalue weighted by Gasteiger charge is -2.39. The van der Waals surface area contributed by atoms with Crippen molar-refractivity contribution in [3.63, 3.8) is 0 Å². The Bertz CT molecular complexity index is 431. The van der Waals surface area contributed by atoms with E-state index in [-0.39, 0.29) is 23.4 Å². The van der Waals surface area contributed by atoms with Crippen LogP contribution in [-0.4, -0.2) is 12.1 Å². The molecule has 2 nitrogen and oxygen atoms in total. The number of nitrogens with two attached hydrogens (primary N) is 1. The van der Waals surface area contributed by atoms with E-state index in [1.807, 2.05) is 6.92 Å². The summed E-state index contributed by atoms with van der Waals surface area (Å²) in [5.41, 5.74) is 7.31. The minimum atomic E-state index is -0.309. The Kier molecular flexibility index (Phi) is 3.62. The third-order valence-electron chi connectivity index (χ3n) is 3.75. The van der Waals surface area contributed by atoms with E-state index in [2.05, 4.69) is 13.8 Å². The van der Waals surface area contributed by atoms with Gasteiger partial charge in [-0.1, -0.05) is 19.9 Å². The van der Waals surface area contributed by atoms with Gasteiger partial charge < -0.3 is 10.5 Å². The maximum Gasteiger partial charge on any atom is 0.165 e. The first-order valence-corrected chi connectivity index (χ1v) is 6.56. The summed E-state index contributed by atoms with van der Waals surface area (Å²) in [6, 6.07) is 4.93. The Morgan fingerprint density at radius 1 is 1.39 bits per heavy atom. The number of rotatable bonds is 2. The number of hydrogen-bond donors (Lipinski definition) is 1. The third kappa shape index (κ3) is 3.02. The molecule has 2 unspecified atom stereocenters. The molecular formula is C15H22FNO. The highest BCUT2D eigenvalue weighted by molar-refractivity contribution is 5.29. The van der Waals surface area contributed by atoms with Crippen LogP contribution in [0.2, 0.25) is 0 Å². The molecule has 0 heterocycles. The quantitative estimate of drug-likeness (QED) is 0.874. The second kappa shape index (κ2) is 4.88. The molecule has 2 atom stereocenters. The van der Waals surface area contributed by atoms with Crippen LogP contribution in [0.3, 0.4) is 0 Å². The van der Waals surface area contributed by atoms with Gasteiger partial charge in [-0.15, -0.1) is 0 Å². The second-order valence-electron chi connectivity index (χ2n) is 6.16. The summed E-state index contributed by atoms with van der Waals surface area (Å²) in [5, 5.41) is 0. The maximum absolute atomic E-state index is 13.7. The van der Waals surface area contributed by atoms with Crippen LogP contribution in [0.15, 0.2) is 18.2 Å². The van der Waals surface area contributed by atoms with Gasteiger partial charge in [-0.05, 0) is 49.3 Å². The molecule has 1 aliphatic rings. The molecule has 1 saturated carbocycles.